The van der Waals surface area contributed by atoms with Gasteiger partial charge in [0.1, 0.15) is 0 Å². The van der Waals surface area contributed by atoms with Gasteiger partial charge in [0.15, 0.2) is 0 Å². The lowest BCUT2D eigenvalue weighted by atomic mass is 9.81. The minimum Gasteiger partial charge on any atom is -0.399 e. The molecule has 2 aliphatic rings. The van der Waals surface area contributed by atoms with Gasteiger partial charge in [0, 0.05) is 37.0 Å². The third-order valence-electron chi connectivity index (χ3n) is 6.34. The summed E-state index contributed by atoms with van der Waals surface area (Å²) in [6, 6.07) is 0.256. The number of rotatable bonds is 7. The molecule has 0 unspecified atom stereocenters. The van der Waals surface area contributed by atoms with Crippen LogP contribution in [-0.4, -0.2) is 73.0 Å². The number of aromatic nitrogens is 2. The van der Waals surface area contributed by atoms with Crippen molar-refractivity contribution in [3.63, 3.8) is 0 Å². The number of nitrogens with zero attached hydrogens (tertiary/aromatic N) is 3. The maximum atomic E-state index is 12.7. The Labute approximate surface area is 174 Å². The summed E-state index contributed by atoms with van der Waals surface area (Å²) in [5, 5.41) is -0.140. The molecule has 29 heavy (non-hydrogen) atoms. The molecule has 10 heteroatoms. The molecular formula is C19H33BN4O4S. The van der Waals surface area contributed by atoms with Gasteiger partial charge in [-0.15, -0.1) is 0 Å². The van der Waals surface area contributed by atoms with Crippen LogP contribution in [0, 0.1) is 0 Å². The fraction of sp³-hybridized carbons (Fsp3) is 0.789. The van der Waals surface area contributed by atoms with Crippen molar-refractivity contribution in [2.45, 2.75) is 75.8 Å². The summed E-state index contributed by atoms with van der Waals surface area (Å²) in [5.41, 5.74) is 5.36. The Morgan fingerprint density at radius 1 is 1.17 bits per heavy atom. The summed E-state index contributed by atoms with van der Waals surface area (Å²) in [6.07, 6.45) is 6.84. The van der Waals surface area contributed by atoms with E-state index in [0.29, 0.717) is 18.4 Å². The molecule has 2 N–H and O–H groups in total. The normalized spacial score (nSPS) is 24.7. The van der Waals surface area contributed by atoms with E-state index in [9.17, 15) is 8.42 Å². The van der Waals surface area contributed by atoms with Crippen LogP contribution >= 0.6 is 0 Å². The molecule has 2 fully saturated rings. The van der Waals surface area contributed by atoms with Crippen molar-refractivity contribution in [3.05, 3.63) is 12.4 Å². The van der Waals surface area contributed by atoms with E-state index in [1.54, 1.807) is 0 Å². The molecule has 0 bridgehead atoms. The molecule has 1 aromatic rings. The first-order valence-electron chi connectivity index (χ1n) is 10.4. The van der Waals surface area contributed by atoms with Crippen LogP contribution in [0.15, 0.2) is 17.6 Å². The van der Waals surface area contributed by atoms with Gasteiger partial charge in [0.2, 0.25) is 15.0 Å². The molecule has 8 nitrogen and oxygen atoms in total. The van der Waals surface area contributed by atoms with Crippen LogP contribution in [0.1, 0.15) is 53.4 Å². The third kappa shape index (κ3) is 4.99. The van der Waals surface area contributed by atoms with Crippen molar-refractivity contribution in [3.8, 4) is 0 Å². The highest BCUT2D eigenvalue weighted by Gasteiger charge is 2.52. The van der Waals surface area contributed by atoms with Crippen LogP contribution in [0.4, 0.5) is 0 Å². The molecule has 3 heterocycles. The third-order valence-corrected chi connectivity index (χ3v) is 7.88. The molecule has 0 spiro atoms. The first kappa shape index (κ1) is 22.6. The van der Waals surface area contributed by atoms with Gasteiger partial charge in [0.05, 0.1) is 17.0 Å². The van der Waals surface area contributed by atoms with E-state index in [1.807, 2.05) is 27.7 Å². The van der Waals surface area contributed by atoms with Gasteiger partial charge in [-0.05, 0) is 53.5 Å². The highest BCUT2D eigenvalue weighted by Crippen LogP contribution is 2.36. The van der Waals surface area contributed by atoms with Gasteiger partial charge < -0.3 is 15.0 Å². The van der Waals surface area contributed by atoms with Crippen molar-refractivity contribution < 1.29 is 17.7 Å². The molecule has 162 valence electrons. The summed E-state index contributed by atoms with van der Waals surface area (Å²) < 4.78 is 37.4. The van der Waals surface area contributed by atoms with Gasteiger partial charge in [-0.2, -0.15) is 0 Å². The lowest BCUT2D eigenvalue weighted by molar-refractivity contribution is 0.00578. The average Bonchev–Trinajstić information content (AvgIpc) is 2.89. The van der Waals surface area contributed by atoms with Crippen molar-refractivity contribution in [1.82, 2.24) is 14.9 Å². The predicted molar refractivity (Wildman–Crippen MR) is 113 cm³/mol. The first-order chi connectivity index (χ1) is 13.6. The molecule has 2 saturated heterocycles. The largest absolute Gasteiger partial charge is 0.498 e. The van der Waals surface area contributed by atoms with Gasteiger partial charge >= 0.3 is 7.12 Å². The Hall–Kier alpha value is -1.07. The number of nitrogens with two attached hydrogens (primary N) is 1. The topological polar surface area (TPSA) is 108 Å². The zero-order valence-corrected chi connectivity index (χ0v) is 18.7. The highest BCUT2D eigenvalue weighted by molar-refractivity contribution is 7.91. The summed E-state index contributed by atoms with van der Waals surface area (Å²) in [4.78, 5) is 10.5. The van der Waals surface area contributed by atoms with Gasteiger partial charge in [-0.1, -0.05) is 6.42 Å². The number of sulfone groups is 1. The summed E-state index contributed by atoms with van der Waals surface area (Å²) in [7, 11) is -4.15. The summed E-state index contributed by atoms with van der Waals surface area (Å²) in [6.45, 7) is 10.2. The quantitative estimate of drug-likeness (QED) is 0.505. The average molecular weight is 424 g/mol. The van der Waals surface area contributed by atoms with Gasteiger partial charge in [-0.25, -0.2) is 18.4 Å². The van der Waals surface area contributed by atoms with E-state index in [4.69, 9.17) is 15.0 Å². The van der Waals surface area contributed by atoms with Crippen LogP contribution < -0.4 is 11.2 Å². The monoisotopic (exact) mass is 424 g/mol. The van der Waals surface area contributed by atoms with E-state index in [0.717, 1.165) is 32.4 Å². The van der Waals surface area contributed by atoms with Crippen LogP contribution in [0.2, 0.25) is 0 Å². The molecular weight excluding hydrogens is 391 g/mol. The van der Waals surface area contributed by atoms with Gasteiger partial charge in [0.25, 0.3) is 0 Å². The standard InChI is InChI=1S/C19H33BN4O4S/c1-18(2)19(3,4)28-20(27-18)15-13-22-17(23-14-15)29(25,26)12-8-16-7-5-6-10-24(16)11-9-21/h13-14,16H,5-12,21H2,1-4H3/t16-/m0/s1. The fourth-order valence-electron chi connectivity index (χ4n) is 3.82. The van der Waals surface area contributed by atoms with E-state index in [2.05, 4.69) is 14.9 Å². The molecule has 1 atom stereocenters. The summed E-state index contributed by atoms with van der Waals surface area (Å²) in [5.74, 6) is 0.0363. The van der Waals surface area contributed by atoms with Crippen molar-refractivity contribution in [2.75, 3.05) is 25.4 Å². The second-order valence-corrected chi connectivity index (χ2v) is 11.0. The maximum Gasteiger partial charge on any atom is 0.498 e. The highest BCUT2D eigenvalue weighted by atomic mass is 32.2. The molecule has 0 saturated carbocycles. The Morgan fingerprint density at radius 3 is 2.38 bits per heavy atom. The zero-order chi connectivity index (χ0) is 21.3. The molecule has 0 aromatic carbocycles. The molecule has 0 aliphatic carbocycles. The van der Waals surface area contributed by atoms with E-state index in [1.165, 1.54) is 12.4 Å². The smallest absolute Gasteiger partial charge is 0.399 e. The molecule has 3 rings (SSSR count). The lowest BCUT2D eigenvalue weighted by Crippen LogP contribution is -2.43. The van der Waals surface area contributed by atoms with E-state index in [-0.39, 0.29) is 17.0 Å². The van der Waals surface area contributed by atoms with Crippen LogP contribution in [0.25, 0.3) is 0 Å². The number of hydrogen-bond donors (Lipinski definition) is 1. The SMILES string of the molecule is CC1(C)OB(c2cnc(S(=O)(=O)CC[C@@H]3CCCCN3CCN)nc2)OC1(C)C. The van der Waals surface area contributed by atoms with Crippen molar-refractivity contribution in [2.24, 2.45) is 5.73 Å². The van der Waals surface area contributed by atoms with Crippen LogP contribution in [-0.2, 0) is 19.1 Å². The molecule has 2 aliphatic heterocycles. The fourth-order valence-corrected chi connectivity index (χ4v) is 5.01. The Morgan fingerprint density at radius 2 is 1.79 bits per heavy atom. The van der Waals surface area contributed by atoms with Crippen molar-refractivity contribution in [1.29, 1.82) is 0 Å². The van der Waals surface area contributed by atoms with Crippen LogP contribution in [0.5, 0.6) is 0 Å². The van der Waals surface area contributed by atoms with E-state index < -0.39 is 28.2 Å². The second-order valence-electron chi connectivity index (χ2n) is 8.97. The van der Waals surface area contributed by atoms with Crippen molar-refractivity contribution >= 4 is 22.4 Å². The predicted octanol–water partition coefficient (Wildman–Crippen LogP) is 0.753. The minimum atomic E-state index is -3.55. The molecule has 1 aromatic heterocycles. The van der Waals surface area contributed by atoms with Crippen LogP contribution in [0.3, 0.4) is 0 Å². The zero-order valence-electron chi connectivity index (χ0n) is 17.9. The Balaban J connectivity index is 1.64. The minimum absolute atomic E-state index is 0.0363. The molecule has 0 amide bonds. The maximum absolute atomic E-state index is 12.7. The molecule has 0 radical (unpaired) electrons. The Kier molecular flexibility index (Phi) is 6.70. The summed E-state index contributed by atoms with van der Waals surface area (Å²) >= 11 is 0. The Bertz CT molecular complexity index is 783. The lowest BCUT2D eigenvalue weighted by Gasteiger charge is -2.35. The van der Waals surface area contributed by atoms with E-state index >= 15 is 0 Å². The number of likely N-dealkylation sites (tertiary alicyclic amines) is 1. The first-order valence-corrected chi connectivity index (χ1v) is 12.1. The second kappa shape index (κ2) is 8.59. The number of hydrogen-bond acceptors (Lipinski definition) is 8. The number of piperidine rings is 1. The van der Waals surface area contributed by atoms with Gasteiger partial charge in [-0.3, -0.25) is 4.90 Å².